The van der Waals surface area contributed by atoms with Crippen molar-refractivity contribution in [3.63, 3.8) is 0 Å². The van der Waals surface area contributed by atoms with Gasteiger partial charge in [0.1, 0.15) is 0 Å². The first-order valence-electron chi connectivity index (χ1n) is 5.89. The van der Waals surface area contributed by atoms with Gasteiger partial charge in [-0.1, -0.05) is 34.1 Å². The summed E-state index contributed by atoms with van der Waals surface area (Å²) in [7, 11) is 0. The van der Waals surface area contributed by atoms with Crippen LogP contribution < -0.4 is 0 Å². The largest absolute Gasteiger partial charge is 0.465 e. The van der Waals surface area contributed by atoms with Crippen molar-refractivity contribution in [2.75, 3.05) is 6.54 Å². The van der Waals surface area contributed by atoms with Crippen LogP contribution in [0.4, 0.5) is 4.79 Å². The van der Waals surface area contributed by atoms with Gasteiger partial charge in [0.2, 0.25) is 0 Å². The molecule has 1 aromatic carbocycles. The van der Waals surface area contributed by atoms with Crippen molar-refractivity contribution in [2.24, 2.45) is 0 Å². The number of rotatable bonds is 2. The lowest BCUT2D eigenvalue weighted by atomic mass is 9.95. The molecule has 1 heterocycles. The van der Waals surface area contributed by atoms with Crippen molar-refractivity contribution < 1.29 is 14.7 Å². The van der Waals surface area contributed by atoms with Crippen LogP contribution in [0.15, 0.2) is 28.7 Å². The van der Waals surface area contributed by atoms with Gasteiger partial charge in [0, 0.05) is 16.6 Å². The standard InChI is InChI=1S/C13H14BrNO3/c14-10-6-2-1-5-9(10)12(16)11-7-3-4-8-15(11)13(17)18/h1-2,5-6,11H,3-4,7-8H2,(H,17,18). The Bertz CT molecular complexity index is 475. The van der Waals surface area contributed by atoms with Crippen LogP contribution in [0.25, 0.3) is 0 Å². The highest BCUT2D eigenvalue weighted by molar-refractivity contribution is 9.10. The Morgan fingerprint density at radius 3 is 2.67 bits per heavy atom. The quantitative estimate of drug-likeness (QED) is 0.853. The topological polar surface area (TPSA) is 57.6 Å². The molecule has 5 heteroatoms. The Kier molecular flexibility index (Phi) is 4.01. The minimum atomic E-state index is -1.01. The minimum absolute atomic E-state index is 0.121. The van der Waals surface area contributed by atoms with Gasteiger partial charge in [0.15, 0.2) is 5.78 Å². The zero-order valence-electron chi connectivity index (χ0n) is 9.80. The lowest BCUT2D eigenvalue weighted by molar-refractivity contribution is 0.0713. The Hall–Kier alpha value is -1.36. The van der Waals surface area contributed by atoms with E-state index in [-0.39, 0.29) is 5.78 Å². The van der Waals surface area contributed by atoms with Crippen molar-refractivity contribution in [3.05, 3.63) is 34.3 Å². The number of ketones is 1. The maximum Gasteiger partial charge on any atom is 0.407 e. The Morgan fingerprint density at radius 1 is 1.28 bits per heavy atom. The molecule has 4 nitrogen and oxygen atoms in total. The summed E-state index contributed by atoms with van der Waals surface area (Å²) in [6.45, 7) is 0.441. The molecule has 1 aliphatic heterocycles. The number of piperidine rings is 1. The highest BCUT2D eigenvalue weighted by Gasteiger charge is 2.33. The van der Waals surface area contributed by atoms with Gasteiger partial charge < -0.3 is 5.11 Å². The fourth-order valence-electron chi connectivity index (χ4n) is 2.27. The van der Waals surface area contributed by atoms with Crippen molar-refractivity contribution in [1.29, 1.82) is 0 Å². The number of benzene rings is 1. The Labute approximate surface area is 114 Å². The van der Waals surface area contributed by atoms with Crippen LogP contribution in [0.2, 0.25) is 0 Å². The molecule has 1 amide bonds. The van der Waals surface area contributed by atoms with Gasteiger partial charge in [-0.3, -0.25) is 9.69 Å². The molecular formula is C13H14BrNO3. The van der Waals surface area contributed by atoms with Crippen molar-refractivity contribution in [2.45, 2.75) is 25.3 Å². The summed E-state index contributed by atoms with van der Waals surface area (Å²) in [5.74, 6) is -0.121. The summed E-state index contributed by atoms with van der Waals surface area (Å²) < 4.78 is 0.714. The SMILES string of the molecule is O=C(c1ccccc1Br)C1CCCCN1C(=O)O. The van der Waals surface area contributed by atoms with Gasteiger partial charge in [0.25, 0.3) is 0 Å². The fraction of sp³-hybridized carbons (Fsp3) is 0.385. The highest BCUT2D eigenvalue weighted by Crippen LogP contribution is 2.24. The van der Waals surface area contributed by atoms with Gasteiger partial charge in [-0.2, -0.15) is 0 Å². The predicted octanol–water partition coefficient (Wildman–Crippen LogP) is 3.16. The average Bonchev–Trinajstić information content (AvgIpc) is 2.38. The number of carbonyl (C=O) groups is 2. The van der Waals surface area contributed by atoms with Gasteiger partial charge in [0.05, 0.1) is 6.04 Å². The molecule has 1 atom stereocenters. The lowest BCUT2D eigenvalue weighted by Gasteiger charge is -2.32. The second kappa shape index (κ2) is 5.52. The van der Waals surface area contributed by atoms with Crippen LogP contribution in [0.3, 0.4) is 0 Å². The summed E-state index contributed by atoms with van der Waals surface area (Å²) >= 11 is 3.33. The number of carbonyl (C=O) groups excluding carboxylic acids is 1. The smallest absolute Gasteiger partial charge is 0.407 e. The number of nitrogens with zero attached hydrogens (tertiary/aromatic N) is 1. The van der Waals surface area contributed by atoms with Gasteiger partial charge >= 0.3 is 6.09 Å². The summed E-state index contributed by atoms with van der Waals surface area (Å²) in [5.41, 5.74) is 0.552. The van der Waals surface area contributed by atoms with Gasteiger partial charge in [-0.25, -0.2) is 4.79 Å². The highest BCUT2D eigenvalue weighted by atomic mass is 79.9. The zero-order chi connectivity index (χ0) is 13.1. The summed E-state index contributed by atoms with van der Waals surface area (Å²) in [6, 6.07) is 6.58. The molecule has 0 bridgehead atoms. The number of amides is 1. The molecule has 0 spiro atoms. The van der Waals surface area contributed by atoms with E-state index in [1.54, 1.807) is 18.2 Å². The molecular weight excluding hydrogens is 298 g/mol. The first kappa shape index (κ1) is 13.1. The molecule has 2 rings (SSSR count). The monoisotopic (exact) mass is 311 g/mol. The fourth-order valence-corrected chi connectivity index (χ4v) is 2.75. The number of carboxylic acid groups (broad SMARTS) is 1. The minimum Gasteiger partial charge on any atom is -0.465 e. The molecule has 1 N–H and O–H groups in total. The van der Waals surface area contributed by atoms with Crippen LogP contribution in [-0.4, -0.2) is 34.5 Å². The lowest BCUT2D eigenvalue weighted by Crippen LogP contribution is -2.47. The summed E-state index contributed by atoms with van der Waals surface area (Å²) in [5, 5.41) is 9.14. The molecule has 0 aliphatic carbocycles. The Balaban J connectivity index is 2.27. The second-order valence-corrected chi connectivity index (χ2v) is 5.19. The van der Waals surface area contributed by atoms with Crippen LogP contribution >= 0.6 is 15.9 Å². The van der Waals surface area contributed by atoms with Gasteiger partial charge in [-0.05, 0) is 25.3 Å². The number of halogens is 1. The van der Waals surface area contributed by atoms with E-state index in [4.69, 9.17) is 5.11 Å². The van der Waals surface area contributed by atoms with E-state index in [2.05, 4.69) is 15.9 Å². The van der Waals surface area contributed by atoms with E-state index in [0.717, 1.165) is 12.8 Å². The summed E-state index contributed by atoms with van der Waals surface area (Å²) in [4.78, 5) is 24.8. The number of Topliss-reactive ketones (excluding diaryl/α,β-unsaturated/α-hetero) is 1. The molecule has 1 saturated heterocycles. The first-order chi connectivity index (χ1) is 8.61. The molecule has 96 valence electrons. The predicted molar refractivity (Wildman–Crippen MR) is 70.8 cm³/mol. The van der Waals surface area contributed by atoms with Crippen molar-refractivity contribution in [1.82, 2.24) is 4.90 Å². The van der Waals surface area contributed by atoms with E-state index in [0.29, 0.717) is 23.0 Å². The normalized spacial score (nSPS) is 19.6. The molecule has 18 heavy (non-hydrogen) atoms. The molecule has 1 aliphatic rings. The molecule has 1 unspecified atom stereocenters. The van der Waals surface area contributed by atoms with Crippen LogP contribution in [0.5, 0.6) is 0 Å². The van der Waals surface area contributed by atoms with E-state index in [1.807, 2.05) is 6.07 Å². The number of likely N-dealkylation sites (tertiary alicyclic amines) is 1. The van der Waals surface area contributed by atoms with Crippen molar-refractivity contribution in [3.8, 4) is 0 Å². The average molecular weight is 312 g/mol. The molecule has 0 aromatic heterocycles. The number of hydrogen-bond donors (Lipinski definition) is 1. The third-order valence-electron chi connectivity index (χ3n) is 3.19. The third kappa shape index (κ3) is 2.56. The Morgan fingerprint density at radius 2 is 2.00 bits per heavy atom. The molecule has 1 aromatic rings. The van der Waals surface area contributed by atoms with E-state index < -0.39 is 12.1 Å². The maximum atomic E-state index is 12.4. The van der Waals surface area contributed by atoms with Gasteiger partial charge in [-0.15, -0.1) is 0 Å². The molecule has 0 saturated carbocycles. The number of hydrogen-bond acceptors (Lipinski definition) is 2. The third-order valence-corrected chi connectivity index (χ3v) is 3.88. The summed E-state index contributed by atoms with van der Waals surface area (Å²) in [6.07, 6.45) is 1.31. The molecule has 0 radical (unpaired) electrons. The van der Waals surface area contributed by atoms with Crippen LogP contribution in [-0.2, 0) is 0 Å². The zero-order valence-corrected chi connectivity index (χ0v) is 11.4. The second-order valence-electron chi connectivity index (χ2n) is 4.33. The molecule has 1 fully saturated rings. The van der Waals surface area contributed by atoms with E-state index in [9.17, 15) is 9.59 Å². The van der Waals surface area contributed by atoms with Crippen molar-refractivity contribution >= 4 is 27.8 Å². The first-order valence-corrected chi connectivity index (χ1v) is 6.69. The van der Waals surface area contributed by atoms with Crippen LogP contribution in [0.1, 0.15) is 29.6 Å². The maximum absolute atomic E-state index is 12.4. The van der Waals surface area contributed by atoms with E-state index in [1.165, 1.54) is 4.90 Å². The van der Waals surface area contributed by atoms with E-state index >= 15 is 0 Å². The van der Waals surface area contributed by atoms with Crippen LogP contribution in [0, 0.1) is 0 Å².